The molecule has 1 fully saturated rings. The number of nitrogens with one attached hydrogen (secondary N) is 3. The second-order valence-electron chi connectivity index (χ2n) is 5.66. The monoisotopic (exact) mass is 347 g/mol. The average Bonchev–Trinajstić information content (AvgIpc) is 3.29. The number of carbonyl (C=O) groups excluding carboxylic acids is 2. The van der Waals surface area contributed by atoms with Crippen molar-refractivity contribution in [3.05, 3.63) is 52.3 Å². The maximum atomic E-state index is 12.1. The second-order valence-corrected chi connectivity index (χ2v) is 6.10. The van der Waals surface area contributed by atoms with Crippen LogP contribution in [0.5, 0.6) is 5.75 Å². The summed E-state index contributed by atoms with van der Waals surface area (Å²) in [6, 6.07) is 9.02. The molecule has 0 bridgehead atoms. The largest absolute Gasteiger partial charge is 0.486 e. The number of amides is 2. The molecule has 0 aliphatic heterocycles. The summed E-state index contributed by atoms with van der Waals surface area (Å²) in [7, 11) is 1.52. The Balaban J connectivity index is 1.76. The van der Waals surface area contributed by atoms with Crippen molar-refractivity contribution in [3.63, 3.8) is 0 Å². The number of carbonyl (C=O) groups is 2. The normalized spacial score (nSPS) is 13.4. The highest BCUT2D eigenvalue weighted by Gasteiger charge is 2.26. The lowest BCUT2D eigenvalue weighted by molar-refractivity contribution is 0.0946. The number of benzene rings is 1. The number of halogens is 1. The van der Waals surface area contributed by atoms with E-state index in [2.05, 4.69) is 15.6 Å². The van der Waals surface area contributed by atoms with Crippen molar-refractivity contribution < 1.29 is 14.3 Å². The van der Waals surface area contributed by atoms with E-state index in [1.807, 2.05) is 12.1 Å². The topological polar surface area (TPSA) is 83.2 Å². The highest BCUT2D eigenvalue weighted by atomic mass is 35.5. The van der Waals surface area contributed by atoms with Crippen molar-refractivity contribution in [2.75, 3.05) is 7.05 Å². The van der Waals surface area contributed by atoms with Gasteiger partial charge in [-0.15, -0.1) is 0 Å². The van der Waals surface area contributed by atoms with E-state index in [4.69, 9.17) is 16.3 Å². The Morgan fingerprint density at radius 3 is 2.58 bits per heavy atom. The van der Waals surface area contributed by atoms with Gasteiger partial charge in [-0.1, -0.05) is 23.7 Å². The van der Waals surface area contributed by atoms with Gasteiger partial charge in [-0.25, -0.2) is 0 Å². The molecule has 0 radical (unpaired) electrons. The maximum absolute atomic E-state index is 12.1. The lowest BCUT2D eigenvalue weighted by atomic mass is 10.2. The van der Waals surface area contributed by atoms with Crippen LogP contribution in [0.15, 0.2) is 30.3 Å². The van der Waals surface area contributed by atoms with Gasteiger partial charge in [-0.2, -0.15) is 0 Å². The van der Waals surface area contributed by atoms with E-state index in [0.717, 1.165) is 18.4 Å². The van der Waals surface area contributed by atoms with E-state index < -0.39 is 0 Å². The summed E-state index contributed by atoms with van der Waals surface area (Å²) in [5.41, 5.74) is 1.45. The molecule has 0 spiro atoms. The van der Waals surface area contributed by atoms with Crippen LogP contribution in [-0.4, -0.2) is 29.9 Å². The molecular weight excluding hydrogens is 330 g/mol. The zero-order valence-electron chi connectivity index (χ0n) is 13.2. The third-order valence-electron chi connectivity index (χ3n) is 3.70. The van der Waals surface area contributed by atoms with Crippen LogP contribution in [0.4, 0.5) is 0 Å². The summed E-state index contributed by atoms with van der Waals surface area (Å²) >= 11 is 5.86. The quantitative estimate of drug-likeness (QED) is 0.750. The van der Waals surface area contributed by atoms with Crippen LogP contribution in [0.25, 0.3) is 0 Å². The fourth-order valence-corrected chi connectivity index (χ4v) is 2.32. The van der Waals surface area contributed by atoms with Crippen LogP contribution in [0.2, 0.25) is 5.02 Å². The Bertz CT molecular complexity index is 751. The first-order valence-corrected chi connectivity index (χ1v) is 8.08. The number of rotatable bonds is 6. The molecule has 0 saturated heterocycles. The number of hydrogen-bond acceptors (Lipinski definition) is 3. The minimum Gasteiger partial charge on any atom is -0.486 e. The minimum absolute atomic E-state index is 0.229. The molecule has 1 saturated carbocycles. The zero-order chi connectivity index (χ0) is 17.1. The van der Waals surface area contributed by atoms with Gasteiger partial charge in [0.1, 0.15) is 18.0 Å². The predicted octanol–water partition coefficient (Wildman–Crippen LogP) is 2.50. The van der Waals surface area contributed by atoms with Gasteiger partial charge in [-0.3, -0.25) is 9.59 Å². The van der Waals surface area contributed by atoms with Crippen LogP contribution >= 0.6 is 11.6 Å². The molecule has 2 amide bonds. The van der Waals surface area contributed by atoms with Crippen molar-refractivity contribution in [2.24, 2.45) is 0 Å². The fourth-order valence-electron chi connectivity index (χ4n) is 2.20. The van der Waals surface area contributed by atoms with Crippen LogP contribution in [0, 0.1) is 0 Å². The Hall–Kier alpha value is -2.47. The van der Waals surface area contributed by atoms with Gasteiger partial charge in [0.15, 0.2) is 5.75 Å². The summed E-state index contributed by atoms with van der Waals surface area (Å²) in [6.45, 7) is 0.267. The molecule has 0 unspecified atom stereocenters. The molecule has 3 rings (SSSR count). The average molecular weight is 348 g/mol. The Morgan fingerprint density at radius 2 is 1.96 bits per heavy atom. The predicted molar refractivity (Wildman–Crippen MR) is 90.5 cm³/mol. The number of H-pyrrole nitrogens is 1. The van der Waals surface area contributed by atoms with Crippen molar-refractivity contribution in [1.82, 2.24) is 15.6 Å². The molecule has 0 atom stereocenters. The van der Waals surface area contributed by atoms with Gasteiger partial charge in [0.25, 0.3) is 11.8 Å². The van der Waals surface area contributed by atoms with Crippen molar-refractivity contribution in [1.29, 1.82) is 0 Å². The van der Waals surface area contributed by atoms with E-state index in [-0.39, 0.29) is 30.2 Å². The molecule has 1 aromatic carbocycles. The van der Waals surface area contributed by atoms with Crippen molar-refractivity contribution in [2.45, 2.75) is 25.5 Å². The summed E-state index contributed by atoms with van der Waals surface area (Å²) in [5.74, 6) is -0.235. The molecule has 3 N–H and O–H groups in total. The highest BCUT2D eigenvalue weighted by molar-refractivity contribution is 6.30. The highest BCUT2D eigenvalue weighted by Crippen LogP contribution is 2.24. The first-order chi connectivity index (χ1) is 11.6. The van der Waals surface area contributed by atoms with Crippen LogP contribution in [0.3, 0.4) is 0 Å². The van der Waals surface area contributed by atoms with Gasteiger partial charge >= 0.3 is 0 Å². The van der Waals surface area contributed by atoms with Gasteiger partial charge in [0.2, 0.25) is 0 Å². The molecule has 1 aliphatic carbocycles. The lowest BCUT2D eigenvalue weighted by Gasteiger charge is -2.06. The van der Waals surface area contributed by atoms with Gasteiger partial charge < -0.3 is 20.4 Å². The van der Waals surface area contributed by atoms with E-state index in [9.17, 15) is 9.59 Å². The maximum Gasteiger partial charge on any atom is 0.271 e. The summed E-state index contributed by atoms with van der Waals surface area (Å²) in [6.07, 6.45) is 1.99. The summed E-state index contributed by atoms with van der Waals surface area (Å²) < 4.78 is 5.72. The molecule has 24 heavy (non-hydrogen) atoms. The number of aromatic amines is 1. The first kappa shape index (κ1) is 16.4. The van der Waals surface area contributed by atoms with Gasteiger partial charge in [0, 0.05) is 24.2 Å². The smallest absolute Gasteiger partial charge is 0.271 e. The van der Waals surface area contributed by atoms with E-state index in [1.165, 1.54) is 7.05 Å². The summed E-state index contributed by atoms with van der Waals surface area (Å²) in [4.78, 5) is 27.0. The van der Waals surface area contributed by atoms with E-state index >= 15 is 0 Å². The number of ether oxygens (including phenoxy) is 1. The second kappa shape index (κ2) is 6.97. The Kier molecular flexibility index (Phi) is 4.76. The standard InChI is InChI=1S/C17H18ClN3O3/c1-19-17(23)15-14(24-9-10-2-4-11(18)5-3-10)8-13(21-15)16(22)20-12-6-7-12/h2-5,8,12,21H,6-7,9H2,1H3,(H,19,23)(H,20,22). The minimum atomic E-state index is -0.341. The van der Waals surface area contributed by atoms with Crippen molar-refractivity contribution >= 4 is 23.4 Å². The summed E-state index contributed by atoms with van der Waals surface area (Å²) in [5, 5.41) is 6.05. The Morgan fingerprint density at radius 1 is 1.25 bits per heavy atom. The van der Waals surface area contributed by atoms with Crippen LogP contribution in [-0.2, 0) is 6.61 Å². The van der Waals surface area contributed by atoms with Crippen LogP contribution < -0.4 is 15.4 Å². The van der Waals surface area contributed by atoms with E-state index in [0.29, 0.717) is 16.5 Å². The molecule has 1 heterocycles. The molecule has 1 aliphatic rings. The van der Waals surface area contributed by atoms with Gasteiger partial charge in [0.05, 0.1) is 0 Å². The molecule has 2 aromatic rings. The third kappa shape index (κ3) is 3.89. The fraction of sp³-hybridized carbons (Fsp3) is 0.294. The molecule has 1 aromatic heterocycles. The number of aromatic nitrogens is 1. The third-order valence-corrected chi connectivity index (χ3v) is 3.95. The lowest BCUT2D eigenvalue weighted by Crippen LogP contribution is -2.26. The van der Waals surface area contributed by atoms with Crippen molar-refractivity contribution in [3.8, 4) is 5.75 Å². The zero-order valence-corrected chi connectivity index (χ0v) is 13.9. The molecule has 126 valence electrons. The SMILES string of the molecule is CNC(=O)c1[nH]c(C(=O)NC2CC2)cc1OCc1ccc(Cl)cc1. The van der Waals surface area contributed by atoms with Crippen LogP contribution in [0.1, 0.15) is 39.4 Å². The molecular formula is C17H18ClN3O3. The number of hydrogen-bond donors (Lipinski definition) is 3. The molecule has 6 nitrogen and oxygen atoms in total. The Labute approximate surface area is 144 Å². The van der Waals surface area contributed by atoms with E-state index in [1.54, 1.807) is 18.2 Å². The molecule has 7 heteroatoms. The first-order valence-electron chi connectivity index (χ1n) is 7.70. The van der Waals surface area contributed by atoms with Gasteiger partial charge in [-0.05, 0) is 30.5 Å².